The molecule has 2 unspecified atom stereocenters. The van der Waals surface area contributed by atoms with Gasteiger partial charge in [-0.1, -0.05) is 0 Å². The van der Waals surface area contributed by atoms with Crippen LogP contribution in [0, 0.1) is 5.92 Å². The standard InChI is InChI=1S/C11H19N5/c12-9-2-4-16-10(14-15-11(16)6-9)5-8-1-3-13-7-8/h8-9,13H,1-7,12H2. The predicted octanol–water partition coefficient (Wildman–Crippen LogP) is -0.296. The second-order valence-corrected chi connectivity index (χ2v) is 5.00. The van der Waals surface area contributed by atoms with Crippen LogP contribution in [-0.4, -0.2) is 33.9 Å². The molecule has 0 saturated carbocycles. The minimum Gasteiger partial charge on any atom is -0.327 e. The van der Waals surface area contributed by atoms with E-state index in [1.807, 2.05) is 0 Å². The van der Waals surface area contributed by atoms with Gasteiger partial charge in [-0.15, -0.1) is 10.2 Å². The van der Waals surface area contributed by atoms with Gasteiger partial charge in [0.05, 0.1) is 0 Å². The van der Waals surface area contributed by atoms with Crippen LogP contribution in [0.2, 0.25) is 0 Å². The van der Waals surface area contributed by atoms with Crippen molar-refractivity contribution in [1.29, 1.82) is 0 Å². The first-order valence-electron chi connectivity index (χ1n) is 6.20. The van der Waals surface area contributed by atoms with Crippen molar-refractivity contribution in [3.05, 3.63) is 11.6 Å². The van der Waals surface area contributed by atoms with E-state index in [-0.39, 0.29) is 6.04 Å². The largest absolute Gasteiger partial charge is 0.327 e. The number of nitrogens with two attached hydrogens (primary N) is 1. The molecule has 1 aromatic heterocycles. The lowest BCUT2D eigenvalue weighted by Crippen LogP contribution is -2.31. The lowest BCUT2D eigenvalue weighted by molar-refractivity contribution is 0.442. The maximum Gasteiger partial charge on any atom is 0.134 e. The van der Waals surface area contributed by atoms with Crippen molar-refractivity contribution in [3.8, 4) is 0 Å². The van der Waals surface area contributed by atoms with Gasteiger partial charge in [0.15, 0.2) is 0 Å². The van der Waals surface area contributed by atoms with Gasteiger partial charge in [0, 0.05) is 25.4 Å². The smallest absolute Gasteiger partial charge is 0.134 e. The highest BCUT2D eigenvalue weighted by atomic mass is 15.3. The van der Waals surface area contributed by atoms with Crippen molar-refractivity contribution in [3.63, 3.8) is 0 Å². The fourth-order valence-electron chi connectivity index (χ4n) is 2.71. The highest BCUT2D eigenvalue weighted by molar-refractivity contribution is 5.02. The first-order valence-corrected chi connectivity index (χ1v) is 6.20. The van der Waals surface area contributed by atoms with Crippen LogP contribution in [-0.2, 0) is 19.4 Å². The van der Waals surface area contributed by atoms with Gasteiger partial charge in [-0.2, -0.15) is 0 Å². The van der Waals surface area contributed by atoms with Crippen LogP contribution in [0.1, 0.15) is 24.5 Å². The summed E-state index contributed by atoms with van der Waals surface area (Å²) in [6.45, 7) is 3.28. The van der Waals surface area contributed by atoms with Gasteiger partial charge in [-0.05, 0) is 31.8 Å². The van der Waals surface area contributed by atoms with Crippen molar-refractivity contribution < 1.29 is 0 Å². The van der Waals surface area contributed by atoms with Crippen molar-refractivity contribution in [2.24, 2.45) is 11.7 Å². The zero-order chi connectivity index (χ0) is 11.0. The quantitative estimate of drug-likeness (QED) is 0.719. The Morgan fingerprint density at radius 1 is 1.38 bits per heavy atom. The summed E-state index contributed by atoms with van der Waals surface area (Å²) in [4.78, 5) is 0. The summed E-state index contributed by atoms with van der Waals surface area (Å²) in [5.41, 5.74) is 5.93. The van der Waals surface area contributed by atoms with E-state index in [2.05, 4.69) is 20.1 Å². The maximum atomic E-state index is 5.93. The topological polar surface area (TPSA) is 68.8 Å². The molecule has 5 nitrogen and oxygen atoms in total. The molecule has 0 radical (unpaired) electrons. The lowest BCUT2D eigenvalue weighted by atomic mass is 10.0. The summed E-state index contributed by atoms with van der Waals surface area (Å²) in [7, 11) is 0. The molecule has 2 atom stereocenters. The van der Waals surface area contributed by atoms with E-state index in [9.17, 15) is 0 Å². The van der Waals surface area contributed by atoms with Gasteiger partial charge in [-0.25, -0.2) is 0 Å². The summed E-state index contributed by atoms with van der Waals surface area (Å²) in [5, 5.41) is 12.0. The molecule has 0 bridgehead atoms. The molecule has 0 amide bonds. The zero-order valence-electron chi connectivity index (χ0n) is 9.52. The van der Waals surface area contributed by atoms with E-state index < -0.39 is 0 Å². The van der Waals surface area contributed by atoms with Gasteiger partial charge in [-0.3, -0.25) is 0 Å². The number of nitrogens with one attached hydrogen (secondary N) is 1. The average Bonchev–Trinajstić information content (AvgIpc) is 2.89. The lowest BCUT2D eigenvalue weighted by Gasteiger charge is -2.20. The van der Waals surface area contributed by atoms with Gasteiger partial charge in [0.1, 0.15) is 11.6 Å². The minimum absolute atomic E-state index is 0.276. The summed E-state index contributed by atoms with van der Waals surface area (Å²) in [6, 6.07) is 0.276. The molecule has 3 heterocycles. The number of nitrogens with zero attached hydrogens (tertiary/aromatic N) is 3. The van der Waals surface area contributed by atoms with Gasteiger partial charge >= 0.3 is 0 Å². The van der Waals surface area contributed by atoms with Crippen molar-refractivity contribution in [1.82, 2.24) is 20.1 Å². The Hall–Kier alpha value is -0.940. The van der Waals surface area contributed by atoms with Gasteiger partial charge in [0.25, 0.3) is 0 Å². The molecule has 88 valence electrons. The Bertz CT molecular complexity index is 366. The molecular weight excluding hydrogens is 202 g/mol. The van der Waals surface area contributed by atoms with Crippen LogP contribution in [0.3, 0.4) is 0 Å². The fourth-order valence-corrected chi connectivity index (χ4v) is 2.71. The van der Waals surface area contributed by atoms with Crippen molar-refractivity contribution in [2.75, 3.05) is 13.1 Å². The number of hydrogen-bond acceptors (Lipinski definition) is 4. The summed E-state index contributed by atoms with van der Waals surface area (Å²) >= 11 is 0. The Labute approximate surface area is 95.4 Å². The molecule has 3 N–H and O–H groups in total. The summed E-state index contributed by atoms with van der Waals surface area (Å²) < 4.78 is 2.28. The van der Waals surface area contributed by atoms with E-state index in [1.54, 1.807) is 0 Å². The third-order valence-electron chi connectivity index (χ3n) is 3.71. The molecule has 1 saturated heterocycles. The van der Waals surface area contributed by atoms with Gasteiger partial charge < -0.3 is 15.6 Å². The van der Waals surface area contributed by atoms with E-state index in [1.165, 1.54) is 6.42 Å². The summed E-state index contributed by atoms with van der Waals surface area (Å²) in [6.07, 6.45) is 4.27. The molecule has 0 aromatic carbocycles. The van der Waals surface area contributed by atoms with Crippen LogP contribution in [0.5, 0.6) is 0 Å². The number of aromatic nitrogens is 3. The number of rotatable bonds is 2. The second-order valence-electron chi connectivity index (χ2n) is 5.00. The van der Waals surface area contributed by atoms with Crippen molar-refractivity contribution >= 4 is 0 Å². The zero-order valence-corrected chi connectivity index (χ0v) is 9.52. The average molecular weight is 221 g/mol. The molecular formula is C11H19N5. The van der Waals surface area contributed by atoms with Crippen molar-refractivity contribution in [2.45, 2.75) is 38.3 Å². The third kappa shape index (κ3) is 1.85. The fraction of sp³-hybridized carbons (Fsp3) is 0.818. The molecule has 1 fully saturated rings. The monoisotopic (exact) mass is 221 g/mol. The molecule has 2 aliphatic heterocycles. The normalized spacial score (nSPS) is 29.3. The van der Waals surface area contributed by atoms with Crippen LogP contribution in [0.4, 0.5) is 0 Å². The van der Waals surface area contributed by atoms with E-state index in [0.29, 0.717) is 0 Å². The molecule has 1 aromatic rings. The van der Waals surface area contributed by atoms with Crippen LogP contribution < -0.4 is 11.1 Å². The maximum absolute atomic E-state index is 5.93. The molecule has 5 heteroatoms. The van der Waals surface area contributed by atoms with Crippen LogP contribution in [0.15, 0.2) is 0 Å². The molecule has 16 heavy (non-hydrogen) atoms. The van der Waals surface area contributed by atoms with E-state index >= 15 is 0 Å². The Morgan fingerprint density at radius 2 is 2.31 bits per heavy atom. The summed E-state index contributed by atoms with van der Waals surface area (Å²) in [5.74, 6) is 2.99. The van der Waals surface area contributed by atoms with E-state index in [0.717, 1.165) is 56.5 Å². The minimum atomic E-state index is 0.276. The Kier molecular flexibility index (Phi) is 2.65. The Morgan fingerprint density at radius 3 is 3.12 bits per heavy atom. The molecule has 3 rings (SSSR count). The molecule has 0 spiro atoms. The second kappa shape index (κ2) is 4.14. The predicted molar refractivity (Wildman–Crippen MR) is 61.0 cm³/mol. The molecule has 2 aliphatic rings. The first-order chi connectivity index (χ1) is 7.83. The first kappa shape index (κ1) is 10.2. The highest BCUT2D eigenvalue weighted by Crippen LogP contribution is 2.18. The van der Waals surface area contributed by atoms with E-state index in [4.69, 9.17) is 5.73 Å². The number of fused-ring (bicyclic) bond motifs is 1. The van der Waals surface area contributed by atoms with Crippen LogP contribution in [0.25, 0.3) is 0 Å². The third-order valence-corrected chi connectivity index (χ3v) is 3.71. The Balaban J connectivity index is 1.75. The SMILES string of the molecule is NC1CCn2c(nnc2CC2CCNC2)C1. The van der Waals surface area contributed by atoms with Gasteiger partial charge in [0.2, 0.25) is 0 Å². The molecule has 0 aliphatic carbocycles. The highest BCUT2D eigenvalue weighted by Gasteiger charge is 2.23. The number of hydrogen-bond donors (Lipinski definition) is 2. The van der Waals surface area contributed by atoms with Crippen LogP contribution >= 0.6 is 0 Å².